The van der Waals surface area contributed by atoms with E-state index in [9.17, 15) is 0 Å². The van der Waals surface area contributed by atoms with Gasteiger partial charge in [-0.15, -0.1) is 0 Å². The van der Waals surface area contributed by atoms with E-state index in [1.807, 2.05) is 0 Å². The standard InChI is InChI=1S/C6H12N2O/c1-7-2-3-8-4-5-9-6-8/h1-6H2. The van der Waals surface area contributed by atoms with Crippen LogP contribution in [0.5, 0.6) is 0 Å². The van der Waals surface area contributed by atoms with Crippen LogP contribution in [0.1, 0.15) is 0 Å². The second-order valence-electron chi connectivity index (χ2n) is 2.10. The third-order valence-corrected chi connectivity index (χ3v) is 1.40. The van der Waals surface area contributed by atoms with E-state index in [-0.39, 0.29) is 0 Å². The van der Waals surface area contributed by atoms with Gasteiger partial charge in [-0.3, -0.25) is 9.89 Å². The van der Waals surface area contributed by atoms with E-state index in [4.69, 9.17) is 4.74 Å². The lowest BCUT2D eigenvalue weighted by Gasteiger charge is -2.08. The summed E-state index contributed by atoms with van der Waals surface area (Å²) in [6.45, 7) is 7.91. The fourth-order valence-electron chi connectivity index (χ4n) is 0.840. The van der Waals surface area contributed by atoms with Crippen LogP contribution in [0.4, 0.5) is 0 Å². The van der Waals surface area contributed by atoms with E-state index >= 15 is 0 Å². The molecule has 3 nitrogen and oxygen atoms in total. The maximum absolute atomic E-state index is 5.12. The summed E-state index contributed by atoms with van der Waals surface area (Å²) in [5.41, 5.74) is 0. The lowest BCUT2D eigenvalue weighted by molar-refractivity contribution is 0.142. The van der Waals surface area contributed by atoms with Crippen molar-refractivity contribution in [1.29, 1.82) is 0 Å². The second kappa shape index (κ2) is 3.58. The lowest BCUT2D eigenvalue weighted by Crippen LogP contribution is -2.22. The highest BCUT2D eigenvalue weighted by atomic mass is 16.5. The van der Waals surface area contributed by atoms with E-state index in [1.165, 1.54) is 0 Å². The van der Waals surface area contributed by atoms with Crippen molar-refractivity contribution in [3.63, 3.8) is 0 Å². The minimum Gasteiger partial charge on any atom is -0.365 e. The molecule has 0 radical (unpaired) electrons. The molecule has 0 unspecified atom stereocenters. The number of rotatable bonds is 3. The molecule has 1 aliphatic rings. The highest BCUT2D eigenvalue weighted by molar-refractivity contribution is 5.23. The molecule has 3 heteroatoms. The summed E-state index contributed by atoms with van der Waals surface area (Å²) in [4.78, 5) is 5.97. The number of hydrogen-bond acceptors (Lipinski definition) is 3. The summed E-state index contributed by atoms with van der Waals surface area (Å²) in [5.74, 6) is 0. The molecule has 0 amide bonds. The molecule has 1 aliphatic heterocycles. The van der Waals surface area contributed by atoms with Gasteiger partial charge in [-0.2, -0.15) is 0 Å². The second-order valence-corrected chi connectivity index (χ2v) is 2.10. The van der Waals surface area contributed by atoms with Crippen molar-refractivity contribution in [2.75, 3.05) is 33.0 Å². The molecule has 1 saturated heterocycles. The Hall–Kier alpha value is -0.410. The maximum Gasteiger partial charge on any atom is 0.0992 e. The van der Waals surface area contributed by atoms with Gasteiger partial charge >= 0.3 is 0 Å². The Morgan fingerprint density at radius 1 is 1.67 bits per heavy atom. The molecule has 0 aromatic rings. The molecule has 0 bridgehead atoms. The van der Waals surface area contributed by atoms with Gasteiger partial charge in [-0.1, -0.05) is 0 Å². The van der Waals surface area contributed by atoms with Crippen LogP contribution >= 0.6 is 0 Å². The molecule has 1 rings (SSSR count). The third kappa shape index (κ3) is 2.11. The smallest absolute Gasteiger partial charge is 0.0992 e. The maximum atomic E-state index is 5.12. The zero-order valence-corrected chi connectivity index (χ0v) is 5.55. The molecule has 0 spiro atoms. The molecule has 1 heterocycles. The number of hydrogen-bond donors (Lipinski definition) is 0. The van der Waals surface area contributed by atoms with Crippen molar-refractivity contribution in [2.45, 2.75) is 0 Å². The van der Waals surface area contributed by atoms with Crippen LogP contribution < -0.4 is 0 Å². The third-order valence-electron chi connectivity index (χ3n) is 1.40. The zero-order valence-electron chi connectivity index (χ0n) is 5.55. The number of ether oxygens (including phenoxy) is 1. The van der Waals surface area contributed by atoms with Gasteiger partial charge in [0.15, 0.2) is 0 Å². The highest BCUT2D eigenvalue weighted by Crippen LogP contribution is 1.96. The molecule has 52 valence electrons. The minimum absolute atomic E-state index is 0.773. The Morgan fingerprint density at radius 3 is 3.11 bits per heavy atom. The van der Waals surface area contributed by atoms with Gasteiger partial charge in [-0.25, -0.2) is 0 Å². The van der Waals surface area contributed by atoms with Crippen LogP contribution in [0.3, 0.4) is 0 Å². The van der Waals surface area contributed by atoms with Gasteiger partial charge in [0, 0.05) is 13.1 Å². The number of nitrogens with zero attached hydrogens (tertiary/aromatic N) is 2. The molecule has 0 aliphatic carbocycles. The van der Waals surface area contributed by atoms with Gasteiger partial charge in [-0.05, 0) is 6.72 Å². The van der Waals surface area contributed by atoms with Crippen molar-refractivity contribution in [3.8, 4) is 0 Å². The van der Waals surface area contributed by atoms with Crippen LogP contribution in [-0.4, -0.2) is 44.6 Å². The van der Waals surface area contributed by atoms with Crippen molar-refractivity contribution in [2.24, 2.45) is 4.99 Å². The quantitative estimate of drug-likeness (QED) is 0.499. The Kier molecular flexibility index (Phi) is 2.67. The lowest BCUT2D eigenvalue weighted by atomic mass is 10.5. The SMILES string of the molecule is C=NCCN1CCOC1. The van der Waals surface area contributed by atoms with Crippen molar-refractivity contribution in [1.82, 2.24) is 4.90 Å². The molecule has 9 heavy (non-hydrogen) atoms. The van der Waals surface area contributed by atoms with E-state index in [0.29, 0.717) is 0 Å². The van der Waals surface area contributed by atoms with Gasteiger partial charge in [0.2, 0.25) is 0 Å². The van der Waals surface area contributed by atoms with Crippen LogP contribution in [0, 0.1) is 0 Å². The van der Waals surface area contributed by atoms with Crippen LogP contribution in [-0.2, 0) is 4.74 Å². The van der Waals surface area contributed by atoms with E-state index in [0.717, 1.165) is 33.0 Å². The first-order valence-corrected chi connectivity index (χ1v) is 3.16. The molecule has 1 fully saturated rings. The van der Waals surface area contributed by atoms with Gasteiger partial charge < -0.3 is 4.74 Å². The van der Waals surface area contributed by atoms with Gasteiger partial charge in [0.25, 0.3) is 0 Å². The average Bonchev–Trinajstić information content (AvgIpc) is 2.34. The van der Waals surface area contributed by atoms with E-state index < -0.39 is 0 Å². The average molecular weight is 128 g/mol. The molecule has 0 aromatic carbocycles. The topological polar surface area (TPSA) is 24.8 Å². The summed E-state index contributed by atoms with van der Waals surface area (Å²) in [6, 6.07) is 0. The normalized spacial score (nSPS) is 20.4. The molecule has 0 atom stereocenters. The fourth-order valence-corrected chi connectivity index (χ4v) is 0.840. The van der Waals surface area contributed by atoms with Crippen LogP contribution in [0.25, 0.3) is 0 Å². The molecule has 0 aromatic heterocycles. The number of aliphatic imine (C=N–C) groups is 1. The fraction of sp³-hybridized carbons (Fsp3) is 0.833. The van der Waals surface area contributed by atoms with Crippen molar-refractivity contribution in [3.05, 3.63) is 0 Å². The monoisotopic (exact) mass is 128 g/mol. The Bertz CT molecular complexity index is 89.1. The largest absolute Gasteiger partial charge is 0.365 e. The molecule has 0 saturated carbocycles. The van der Waals surface area contributed by atoms with Crippen LogP contribution in [0.2, 0.25) is 0 Å². The zero-order chi connectivity index (χ0) is 6.53. The van der Waals surface area contributed by atoms with Crippen LogP contribution in [0.15, 0.2) is 4.99 Å². The molecular weight excluding hydrogens is 116 g/mol. The molecular formula is C6H12N2O. The molecule has 0 N–H and O–H groups in total. The van der Waals surface area contributed by atoms with Gasteiger partial charge in [0.05, 0.1) is 19.9 Å². The van der Waals surface area contributed by atoms with E-state index in [1.54, 1.807) is 0 Å². The first kappa shape index (κ1) is 6.71. The van der Waals surface area contributed by atoms with E-state index in [2.05, 4.69) is 16.6 Å². The first-order chi connectivity index (χ1) is 4.43. The summed E-state index contributed by atoms with van der Waals surface area (Å²) in [7, 11) is 0. The highest BCUT2D eigenvalue weighted by Gasteiger charge is 2.09. The minimum atomic E-state index is 0.773. The Labute approximate surface area is 55.3 Å². The summed E-state index contributed by atoms with van der Waals surface area (Å²) < 4.78 is 5.12. The Morgan fingerprint density at radius 2 is 2.56 bits per heavy atom. The predicted molar refractivity (Wildman–Crippen MR) is 36.8 cm³/mol. The van der Waals surface area contributed by atoms with Crippen molar-refractivity contribution < 1.29 is 4.74 Å². The van der Waals surface area contributed by atoms with Gasteiger partial charge in [0.1, 0.15) is 0 Å². The Balaban J connectivity index is 2.04. The van der Waals surface area contributed by atoms with Crippen molar-refractivity contribution >= 4 is 6.72 Å². The predicted octanol–water partition coefficient (Wildman–Crippen LogP) is -0.0233. The summed E-state index contributed by atoms with van der Waals surface area (Å²) >= 11 is 0. The summed E-state index contributed by atoms with van der Waals surface area (Å²) in [5, 5.41) is 0. The summed E-state index contributed by atoms with van der Waals surface area (Å²) in [6.07, 6.45) is 0. The first-order valence-electron chi connectivity index (χ1n) is 3.16.